The molecule has 1 aromatic carbocycles. The van der Waals surface area contributed by atoms with Gasteiger partial charge in [-0.15, -0.1) is 10.2 Å². The van der Waals surface area contributed by atoms with Crippen molar-refractivity contribution in [1.82, 2.24) is 38.9 Å². The molecule has 0 spiro atoms. The fourth-order valence-electron chi connectivity index (χ4n) is 4.35. The predicted molar refractivity (Wildman–Crippen MR) is 133 cm³/mol. The van der Waals surface area contributed by atoms with Crippen molar-refractivity contribution in [3.05, 3.63) is 77.1 Å². The quantitative estimate of drug-likeness (QED) is 0.395. The van der Waals surface area contributed by atoms with Crippen molar-refractivity contribution >= 4 is 10.9 Å². The van der Waals surface area contributed by atoms with E-state index in [1.165, 1.54) is 23.7 Å². The standard InChI is InChI=1S/C26H26N8O/c1-16-10-20-18(11-22(16)32-12-21(27-13-32)17-8-9-17)25(35)33(14-28-20)23-7-5-6-19(30-23)24-31-29-15-34(24)26(2,3)4/h5-7,10-15,17H,8-9H2,1-4H3. The Bertz CT molecular complexity index is 1630. The first-order valence-electron chi connectivity index (χ1n) is 11.7. The molecular weight excluding hydrogens is 440 g/mol. The number of aryl methyl sites for hydroxylation is 1. The zero-order valence-corrected chi connectivity index (χ0v) is 20.2. The summed E-state index contributed by atoms with van der Waals surface area (Å²) in [4.78, 5) is 27.5. The fourth-order valence-corrected chi connectivity index (χ4v) is 4.35. The minimum Gasteiger partial charge on any atom is -0.307 e. The van der Waals surface area contributed by atoms with Crippen LogP contribution in [-0.2, 0) is 5.54 Å². The number of hydrogen-bond acceptors (Lipinski definition) is 6. The van der Waals surface area contributed by atoms with E-state index < -0.39 is 0 Å². The molecule has 1 aliphatic rings. The number of pyridine rings is 1. The van der Waals surface area contributed by atoms with Crippen LogP contribution in [0.2, 0.25) is 0 Å². The van der Waals surface area contributed by atoms with E-state index >= 15 is 0 Å². The normalized spacial score (nSPS) is 14.1. The van der Waals surface area contributed by atoms with Gasteiger partial charge in [-0.25, -0.2) is 15.0 Å². The van der Waals surface area contributed by atoms with E-state index in [9.17, 15) is 4.79 Å². The topological polar surface area (TPSA) is 96.3 Å². The molecule has 0 unspecified atom stereocenters. The summed E-state index contributed by atoms with van der Waals surface area (Å²) in [7, 11) is 0. The Morgan fingerprint density at radius 1 is 1.03 bits per heavy atom. The Morgan fingerprint density at radius 3 is 2.63 bits per heavy atom. The maximum absolute atomic E-state index is 13.6. The first-order chi connectivity index (χ1) is 16.8. The SMILES string of the molecule is Cc1cc2ncn(-c3cccc(-c4nncn4C(C)(C)C)n3)c(=O)c2cc1-n1cnc(C2CC2)c1. The second kappa shape index (κ2) is 7.69. The summed E-state index contributed by atoms with van der Waals surface area (Å²) < 4.78 is 5.44. The number of rotatable bonds is 4. The van der Waals surface area contributed by atoms with Crippen LogP contribution in [0.4, 0.5) is 0 Å². The molecule has 0 atom stereocenters. The van der Waals surface area contributed by atoms with E-state index in [1.807, 2.05) is 46.7 Å². The highest BCUT2D eigenvalue weighted by Crippen LogP contribution is 2.39. The molecule has 1 saturated carbocycles. The Labute approximate surface area is 202 Å². The molecule has 1 fully saturated rings. The molecule has 176 valence electrons. The summed E-state index contributed by atoms with van der Waals surface area (Å²) >= 11 is 0. The zero-order chi connectivity index (χ0) is 24.3. The number of imidazole rings is 1. The van der Waals surface area contributed by atoms with Crippen LogP contribution in [0.25, 0.3) is 33.9 Å². The van der Waals surface area contributed by atoms with Gasteiger partial charge in [0.25, 0.3) is 5.56 Å². The van der Waals surface area contributed by atoms with E-state index in [-0.39, 0.29) is 11.1 Å². The Morgan fingerprint density at radius 2 is 1.86 bits per heavy atom. The molecule has 1 aliphatic carbocycles. The minimum atomic E-state index is -0.210. The Kier molecular flexibility index (Phi) is 4.70. The lowest BCUT2D eigenvalue weighted by Crippen LogP contribution is -2.23. The lowest BCUT2D eigenvalue weighted by atomic mass is 10.1. The van der Waals surface area contributed by atoms with Crippen molar-refractivity contribution < 1.29 is 0 Å². The van der Waals surface area contributed by atoms with Gasteiger partial charge in [-0.3, -0.25) is 9.36 Å². The molecule has 9 nitrogen and oxygen atoms in total. The third-order valence-corrected chi connectivity index (χ3v) is 6.43. The fraction of sp³-hybridized carbons (Fsp3) is 0.308. The third kappa shape index (κ3) is 3.73. The molecule has 0 bridgehead atoms. The monoisotopic (exact) mass is 466 g/mol. The lowest BCUT2D eigenvalue weighted by Gasteiger charge is -2.22. The van der Waals surface area contributed by atoms with Gasteiger partial charge >= 0.3 is 0 Å². The van der Waals surface area contributed by atoms with E-state index in [2.05, 4.69) is 47.1 Å². The van der Waals surface area contributed by atoms with Crippen molar-refractivity contribution in [1.29, 1.82) is 0 Å². The van der Waals surface area contributed by atoms with Gasteiger partial charge in [0.15, 0.2) is 5.82 Å². The average molecular weight is 467 g/mol. The molecule has 4 aromatic heterocycles. The summed E-state index contributed by atoms with van der Waals surface area (Å²) in [6.07, 6.45) is 9.51. The molecule has 5 aromatic rings. The van der Waals surface area contributed by atoms with E-state index in [1.54, 1.807) is 12.4 Å². The lowest BCUT2D eigenvalue weighted by molar-refractivity contribution is 0.399. The van der Waals surface area contributed by atoms with Crippen molar-refractivity contribution in [2.24, 2.45) is 0 Å². The van der Waals surface area contributed by atoms with Gasteiger partial charge in [-0.1, -0.05) is 6.07 Å². The van der Waals surface area contributed by atoms with Gasteiger partial charge < -0.3 is 9.13 Å². The maximum Gasteiger partial charge on any atom is 0.267 e. The van der Waals surface area contributed by atoms with Crippen molar-refractivity contribution in [3.8, 4) is 23.0 Å². The van der Waals surface area contributed by atoms with Crippen molar-refractivity contribution in [2.75, 3.05) is 0 Å². The Balaban J connectivity index is 1.45. The highest BCUT2D eigenvalue weighted by molar-refractivity contribution is 5.81. The summed E-state index contributed by atoms with van der Waals surface area (Å²) in [5, 5.41) is 8.87. The first kappa shape index (κ1) is 21.4. The zero-order valence-electron chi connectivity index (χ0n) is 20.2. The molecule has 0 radical (unpaired) electrons. The molecule has 35 heavy (non-hydrogen) atoms. The van der Waals surface area contributed by atoms with Crippen molar-refractivity contribution in [2.45, 2.75) is 52.0 Å². The summed E-state index contributed by atoms with van der Waals surface area (Å²) in [6, 6.07) is 9.37. The highest BCUT2D eigenvalue weighted by atomic mass is 16.1. The number of benzene rings is 1. The van der Waals surface area contributed by atoms with Crippen LogP contribution in [0.15, 0.2) is 60.3 Å². The Hall–Kier alpha value is -4.14. The predicted octanol–water partition coefficient (Wildman–Crippen LogP) is 4.17. The molecule has 9 heteroatoms. The maximum atomic E-state index is 13.6. The van der Waals surface area contributed by atoms with Gasteiger partial charge in [0.2, 0.25) is 0 Å². The van der Waals surface area contributed by atoms with Crippen LogP contribution in [0, 0.1) is 6.92 Å². The first-order valence-corrected chi connectivity index (χ1v) is 11.7. The number of hydrogen-bond donors (Lipinski definition) is 0. The molecule has 0 saturated heterocycles. The largest absolute Gasteiger partial charge is 0.307 e. The molecule has 0 amide bonds. The molecule has 4 heterocycles. The van der Waals surface area contributed by atoms with Gasteiger partial charge in [0.1, 0.15) is 24.2 Å². The third-order valence-electron chi connectivity index (χ3n) is 6.43. The summed E-state index contributed by atoms with van der Waals surface area (Å²) in [5.74, 6) is 1.69. The van der Waals surface area contributed by atoms with Crippen LogP contribution < -0.4 is 5.56 Å². The number of fused-ring (bicyclic) bond motifs is 1. The molecule has 0 aliphatic heterocycles. The van der Waals surface area contributed by atoms with Crippen molar-refractivity contribution in [3.63, 3.8) is 0 Å². The number of nitrogens with zero attached hydrogens (tertiary/aromatic N) is 8. The second-order valence-electron chi connectivity index (χ2n) is 10.1. The van der Waals surface area contributed by atoms with Gasteiger partial charge in [-0.05, 0) is 70.4 Å². The summed E-state index contributed by atoms with van der Waals surface area (Å²) in [6.45, 7) is 8.26. The minimum absolute atomic E-state index is 0.180. The molecule has 0 N–H and O–H groups in total. The van der Waals surface area contributed by atoms with Crippen LogP contribution in [0.5, 0.6) is 0 Å². The highest BCUT2D eigenvalue weighted by Gasteiger charge is 2.26. The van der Waals surface area contributed by atoms with E-state index in [4.69, 9.17) is 4.98 Å². The van der Waals surface area contributed by atoms with Crippen LogP contribution >= 0.6 is 0 Å². The van der Waals surface area contributed by atoms with Crippen LogP contribution in [-0.4, -0.2) is 38.9 Å². The van der Waals surface area contributed by atoms with E-state index in [0.29, 0.717) is 34.2 Å². The van der Waals surface area contributed by atoms with Gasteiger partial charge in [-0.2, -0.15) is 0 Å². The number of aromatic nitrogens is 8. The summed E-state index contributed by atoms with van der Waals surface area (Å²) in [5.41, 5.74) is 3.96. The molecular formula is C26H26N8O. The van der Waals surface area contributed by atoms with E-state index in [0.717, 1.165) is 16.9 Å². The molecule has 6 rings (SSSR count). The smallest absolute Gasteiger partial charge is 0.267 e. The van der Waals surface area contributed by atoms with Gasteiger partial charge in [0.05, 0.1) is 28.6 Å². The van der Waals surface area contributed by atoms with Crippen LogP contribution in [0.1, 0.15) is 50.8 Å². The second-order valence-corrected chi connectivity index (χ2v) is 10.1. The average Bonchev–Trinajstić information content (AvgIpc) is 3.34. The van der Waals surface area contributed by atoms with Crippen LogP contribution in [0.3, 0.4) is 0 Å². The van der Waals surface area contributed by atoms with Gasteiger partial charge in [0, 0.05) is 17.7 Å².